The minimum absolute atomic E-state index is 0.0779. The van der Waals surface area contributed by atoms with E-state index in [-0.39, 0.29) is 11.8 Å². The number of carbonyl (C=O) groups is 1. The van der Waals surface area contributed by atoms with Gasteiger partial charge >= 0.3 is 0 Å². The van der Waals surface area contributed by atoms with Gasteiger partial charge in [0.2, 0.25) is 5.91 Å². The summed E-state index contributed by atoms with van der Waals surface area (Å²) in [4.78, 5) is 21.6. The molecular weight excluding hydrogens is 382 g/mol. The molecule has 0 saturated heterocycles. The minimum atomic E-state index is -0.155. The summed E-state index contributed by atoms with van der Waals surface area (Å²) in [6.07, 6.45) is 0.324. The summed E-state index contributed by atoms with van der Waals surface area (Å²) >= 11 is 0. The molecule has 0 fully saturated rings. The number of rotatable bonds is 5. The van der Waals surface area contributed by atoms with Gasteiger partial charge < -0.3 is 14.8 Å². The van der Waals surface area contributed by atoms with Crippen molar-refractivity contribution >= 4 is 11.7 Å². The second-order valence-corrected chi connectivity index (χ2v) is 7.36. The van der Waals surface area contributed by atoms with Gasteiger partial charge in [-0.25, -0.2) is 9.97 Å². The molecule has 1 N–H and O–H groups in total. The van der Waals surface area contributed by atoms with E-state index in [2.05, 4.69) is 20.4 Å². The molecule has 4 rings (SSSR count). The maximum Gasteiger partial charge on any atom is 0.252 e. The molecule has 1 amide bonds. The monoisotopic (exact) mass is 407 g/mol. The third-order valence-electron chi connectivity index (χ3n) is 5.15. The molecule has 1 aliphatic rings. The van der Waals surface area contributed by atoms with Crippen LogP contribution in [-0.4, -0.2) is 39.4 Å². The summed E-state index contributed by atoms with van der Waals surface area (Å²) in [5.74, 6) is 2.15. The minimum Gasteiger partial charge on any atom is -0.493 e. The Bertz CT molecular complexity index is 1100. The van der Waals surface area contributed by atoms with Crippen LogP contribution in [-0.2, 0) is 4.79 Å². The molecule has 3 heterocycles. The number of methoxy groups -OCH3 is 1. The van der Waals surface area contributed by atoms with Gasteiger partial charge in [0, 0.05) is 29.3 Å². The van der Waals surface area contributed by atoms with E-state index in [1.54, 1.807) is 11.8 Å². The number of aromatic nitrogens is 4. The molecule has 3 aromatic rings. The number of anilines is 1. The first-order chi connectivity index (χ1) is 14.4. The van der Waals surface area contributed by atoms with E-state index in [1.807, 2.05) is 52.0 Å². The summed E-state index contributed by atoms with van der Waals surface area (Å²) < 4.78 is 12.8. The van der Waals surface area contributed by atoms with E-state index in [0.29, 0.717) is 36.3 Å². The number of nitrogens with one attached hydrogen (secondary N) is 1. The topological polar surface area (TPSA) is 91.2 Å². The Labute approximate surface area is 175 Å². The number of amides is 1. The van der Waals surface area contributed by atoms with Crippen molar-refractivity contribution in [1.82, 2.24) is 19.7 Å². The van der Waals surface area contributed by atoms with E-state index in [4.69, 9.17) is 9.47 Å². The van der Waals surface area contributed by atoms with Gasteiger partial charge in [-0.3, -0.25) is 4.79 Å². The molecule has 2 aromatic heterocycles. The Hall–Kier alpha value is -3.42. The molecule has 0 bridgehead atoms. The zero-order valence-corrected chi connectivity index (χ0v) is 17.8. The number of fused-ring (bicyclic) bond motifs is 1. The number of carbonyl (C=O) groups excluding carboxylic acids is 1. The van der Waals surface area contributed by atoms with Crippen molar-refractivity contribution in [1.29, 1.82) is 0 Å². The summed E-state index contributed by atoms with van der Waals surface area (Å²) in [5, 5.41) is 7.64. The van der Waals surface area contributed by atoms with Gasteiger partial charge in [0.15, 0.2) is 11.5 Å². The highest BCUT2D eigenvalue weighted by Gasteiger charge is 2.33. The number of aryl methyl sites for hydroxylation is 3. The predicted octanol–water partition coefficient (Wildman–Crippen LogP) is 3.47. The molecule has 0 aliphatic carbocycles. The molecule has 30 heavy (non-hydrogen) atoms. The Kier molecular flexibility index (Phi) is 5.15. The number of ether oxygens (including phenoxy) is 2. The Morgan fingerprint density at radius 3 is 2.53 bits per heavy atom. The highest BCUT2D eigenvalue weighted by molar-refractivity contribution is 5.95. The smallest absolute Gasteiger partial charge is 0.252 e. The van der Waals surface area contributed by atoms with Gasteiger partial charge in [-0.15, -0.1) is 0 Å². The van der Waals surface area contributed by atoms with Crippen molar-refractivity contribution in [2.75, 3.05) is 19.0 Å². The van der Waals surface area contributed by atoms with Gasteiger partial charge in [0.25, 0.3) is 5.95 Å². The lowest BCUT2D eigenvalue weighted by Crippen LogP contribution is -2.25. The number of hydrogen-bond acceptors (Lipinski definition) is 6. The number of nitrogens with zero attached hydrogens (tertiary/aromatic N) is 4. The first-order valence-electron chi connectivity index (χ1n) is 9.94. The molecule has 1 aliphatic heterocycles. The van der Waals surface area contributed by atoms with Crippen molar-refractivity contribution in [2.24, 2.45) is 0 Å². The van der Waals surface area contributed by atoms with Crippen LogP contribution in [0.5, 0.6) is 11.5 Å². The first-order valence-corrected chi connectivity index (χ1v) is 9.94. The Morgan fingerprint density at radius 1 is 1.13 bits per heavy atom. The molecule has 1 aromatic carbocycles. The van der Waals surface area contributed by atoms with Crippen LogP contribution in [0.15, 0.2) is 24.3 Å². The maximum atomic E-state index is 12.6. The third-order valence-corrected chi connectivity index (χ3v) is 5.15. The summed E-state index contributed by atoms with van der Waals surface area (Å²) in [7, 11) is 1.61. The SMILES string of the molecule is CCOc1ccc(C2CC(=O)Nc3c2c(C)nn3-c2nc(C)cc(C)n2)cc1OC. The maximum absolute atomic E-state index is 12.6. The second-order valence-electron chi connectivity index (χ2n) is 7.36. The molecule has 156 valence electrons. The molecule has 8 nitrogen and oxygen atoms in total. The predicted molar refractivity (Wildman–Crippen MR) is 113 cm³/mol. The fourth-order valence-corrected chi connectivity index (χ4v) is 3.95. The van der Waals surface area contributed by atoms with Crippen molar-refractivity contribution < 1.29 is 14.3 Å². The van der Waals surface area contributed by atoms with Crippen LogP contribution in [0.25, 0.3) is 5.95 Å². The Balaban J connectivity index is 1.84. The largest absolute Gasteiger partial charge is 0.493 e. The molecule has 0 spiro atoms. The van der Waals surface area contributed by atoms with Gasteiger partial charge in [-0.2, -0.15) is 9.78 Å². The first kappa shape index (κ1) is 19.9. The van der Waals surface area contributed by atoms with Crippen LogP contribution in [0.3, 0.4) is 0 Å². The fourth-order valence-electron chi connectivity index (χ4n) is 3.95. The number of benzene rings is 1. The van der Waals surface area contributed by atoms with Gasteiger partial charge in [-0.05, 0) is 51.5 Å². The van der Waals surface area contributed by atoms with Crippen molar-refractivity contribution in [3.63, 3.8) is 0 Å². The standard InChI is InChI=1S/C22H25N5O3/c1-6-30-17-8-7-15(10-18(17)29-5)16-11-19(28)25-21-20(16)14(4)26-27(21)22-23-12(2)9-13(3)24-22/h7-10,16H,6,11H2,1-5H3,(H,25,28). The summed E-state index contributed by atoms with van der Waals surface area (Å²) in [6.45, 7) is 8.24. The molecular formula is C22H25N5O3. The molecule has 8 heteroatoms. The highest BCUT2D eigenvalue weighted by Crippen LogP contribution is 2.42. The third kappa shape index (κ3) is 3.49. The fraction of sp³-hybridized carbons (Fsp3) is 0.364. The molecule has 1 unspecified atom stereocenters. The van der Waals surface area contributed by atoms with Gasteiger partial charge in [-0.1, -0.05) is 6.07 Å². The summed E-state index contributed by atoms with van der Waals surface area (Å²) in [5.41, 5.74) is 4.44. The van der Waals surface area contributed by atoms with E-state index in [1.165, 1.54) is 0 Å². The van der Waals surface area contributed by atoms with E-state index in [0.717, 1.165) is 28.2 Å². The highest BCUT2D eigenvalue weighted by atomic mass is 16.5. The number of hydrogen-bond donors (Lipinski definition) is 1. The van der Waals surface area contributed by atoms with Crippen LogP contribution < -0.4 is 14.8 Å². The summed E-state index contributed by atoms with van der Waals surface area (Å²) in [6, 6.07) is 7.70. The van der Waals surface area contributed by atoms with Crippen LogP contribution in [0.2, 0.25) is 0 Å². The lowest BCUT2D eigenvalue weighted by atomic mass is 9.85. The lowest BCUT2D eigenvalue weighted by Gasteiger charge is -2.25. The van der Waals surface area contributed by atoms with Gasteiger partial charge in [0.05, 0.1) is 19.4 Å². The van der Waals surface area contributed by atoms with E-state index < -0.39 is 0 Å². The zero-order valence-electron chi connectivity index (χ0n) is 17.8. The molecule has 0 saturated carbocycles. The van der Waals surface area contributed by atoms with E-state index >= 15 is 0 Å². The molecule has 1 atom stereocenters. The lowest BCUT2D eigenvalue weighted by molar-refractivity contribution is -0.116. The normalized spacial score (nSPS) is 15.5. The quantitative estimate of drug-likeness (QED) is 0.696. The van der Waals surface area contributed by atoms with Crippen LogP contribution in [0.4, 0.5) is 5.82 Å². The van der Waals surface area contributed by atoms with Crippen molar-refractivity contribution in [2.45, 2.75) is 40.0 Å². The van der Waals surface area contributed by atoms with E-state index in [9.17, 15) is 4.79 Å². The van der Waals surface area contributed by atoms with Crippen molar-refractivity contribution in [3.05, 3.63) is 52.5 Å². The zero-order chi connectivity index (χ0) is 21.4. The molecule has 0 radical (unpaired) electrons. The van der Waals surface area contributed by atoms with Crippen molar-refractivity contribution in [3.8, 4) is 17.4 Å². The second kappa shape index (κ2) is 7.78. The van der Waals surface area contributed by atoms with Crippen LogP contribution in [0, 0.1) is 20.8 Å². The van der Waals surface area contributed by atoms with Crippen LogP contribution in [0.1, 0.15) is 47.5 Å². The van der Waals surface area contributed by atoms with Crippen LogP contribution >= 0.6 is 0 Å². The Morgan fingerprint density at radius 2 is 1.87 bits per heavy atom. The average molecular weight is 407 g/mol. The average Bonchev–Trinajstić information content (AvgIpc) is 3.03. The van der Waals surface area contributed by atoms with Gasteiger partial charge in [0.1, 0.15) is 5.82 Å².